The fourth-order valence-electron chi connectivity index (χ4n) is 5.70. The van der Waals surface area contributed by atoms with Gasteiger partial charge in [0.2, 0.25) is 0 Å². The van der Waals surface area contributed by atoms with Gasteiger partial charge in [-0.1, -0.05) is 12.2 Å². The van der Waals surface area contributed by atoms with Gasteiger partial charge in [0.1, 0.15) is 17.8 Å². The van der Waals surface area contributed by atoms with Crippen LogP contribution < -0.4 is 0 Å². The molecule has 0 radical (unpaired) electrons. The average molecular weight is 499 g/mol. The number of thiocarbonyl (C=S) groups is 1. The molecule has 180 valence electrons. The Labute approximate surface area is 203 Å². The summed E-state index contributed by atoms with van der Waals surface area (Å²) < 4.78 is 45.1. The Kier molecular flexibility index (Phi) is 5.13. The van der Waals surface area contributed by atoms with E-state index in [9.17, 15) is 18.0 Å². The van der Waals surface area contributed by atoms with E-state index in [1.165, 1.54) is 23.0 Å². The summed E-state index contributed by atoms with van der Waals surface area (Å²) in [7, 11) is 1.75. The zero-order valence-corrected chi connectivity index (χ0v) is 19.6. The number of benzene rings is 1. The highest BCUT2D eigenvalue weighted by Gasteiger charge is 2.44. The van der Waals surface area contributed by atoms with Crippen molar-refractivity contribution in [3.8, 4) is 0 Å². The summed E-state index contributed by atoms with van der Waals surface area (Å²) >= 11 is 5.84. The lowest BCUT2D eigenvalue weighted by molar-refractivity contribution is 0.0775. The highest BCUT2D eigenvalue weighted by atomic mass is 32.1. The molecule has 0 N–H and O–H groups in total. The molecule has 4 aromatic rings. The smallest absolute Gasteiger partial charge is 0.280 e. The van der Waals surface area contributed by atoms with E-state index in [1.807, 2.05) is 0 Å². The van der Waals surface area contributed by atoms with Crippen LogP contribution in [0.15, 0.2) is 36.8 Å². The van der Waals surface area contributed by atoms with Crippen molar-refractivity contribution >= 4 is 39.8 Å². The third-order valence-electron chi connectivity index (χ3n) is 7.32. The Morgan fingerprint density at radius 1 is 1.14 bits per heavy atom. The number of rotatable bonds is 3. The van der Waals surface area contributed by atoms with Gasteiger partial charge in [0.15, 0.2) is 0 Å². The van der Waals surface area contributed by atoms with Crippen molar-refractivity contribution in [2.75, 3.05) is 0 Å². The van der Waals surface area contributed by atoms with Crippen molar-refractivity contribution in [2.24, 2.45) is 13.0 Å². The van der Waals surface area contributed by atoms with Crippen molar-refractivity contribution < 1.29 is 18.0 Å². The van der Waals surface area contributed by atoms with Crippen molar-refractivity contribution in [3.05, 3.63) is 59.6 Å². The molecule has 2 aliphatic heterocycles. The number of hydrogen-bond donors (Lipinski definition) is 0. The van der Waals surface area contributed by atoms with E-state index in [1.54, 1.807) is 34.8 Å². The predicted molar refractivity (Wildman–Crippen MR) is 126 cm³/mol. The van der Waals surface area contributed by atoms with Gasteiger partial charge in [-0.15, -0.1) is 0 Å². The number of hydrogen-bond acceptors (Lipinski definition) is 5. The Morgan fingerprint density at radius 3 is 2.69 bits per heavy atom. The lowest BCUT2D eigenvalue weighted by Gasteiger charge is -2.38. The summed E-state index contributed by atoms with van der Waals surface area (Å²) in [6, 6.07) is 5.97. The second-order valence-electron chi connectivity index (χ2n) is 9.24. The molecule has 3 fully saturated rings. The number of halogens is 3. The molecule has 3 atom stereocenters. The van der Waals surface area contributed by atoms with Gasteiger partial charge in [0.05, 0.1) is 16.2 Å². The van der Waals surface area contributed by atoms with Gasteiger partial charge in [-0.25, -0.2) is 22.7 Å². The molecule has 7 rings (SSSR count). The normalized spacial score (nSPS) is 22.5. The Bertz CT molecular complexity index is 1500. The maximum atomic E-state index is 14.8. The Morgan fingerprint density at radius 2 is 1.91 bits per heavy atom. The molecule has 3 aliphatic rings. The second-order valence-corrected chi connectivity index (χ2v) is 9.65. The van der Waals surface area contributed by atoms with Crippen LogP contribution >= 0.6 is 12.2 Å². The van der Waals surface area contributed by atoms with Gasteiger partial charge in [-0.3, -0.25) is 9.69 Å². The van der Waals surface area contributed by atoms with Crippen LogP contribution in [0.2, 0.25) is 0 Å². The van der Waals surface area contributed by atoms with E-state index in [4.69, 9.17) is 12.2 Å². The van der Waals surface area contributed by atoms with Gasteiger partial charge in [-0.2, -0.15) is 10.1 Å². The minimum atomic E-state index is -2.75. The van der Waals surface area contributed by atoms with E-state index < -0.39 is 12.2 Å². The lowest BCUT2D eigenvalue weighted by atomic mass is 9.83. The number of nitrogens with zero attached hydrogens (tertiary/aromatic N) is 6. The lowest BCUT2D eigenvalue weighted by Crippen LogP contribution is -2.49. The summed E-state index contributed by atoms with van der Waals surface area (Å²) in [5.74, 6) is -1.13. The van der Waals surface area contributed by atoms with E-state index in [-0.39, 0.29) is 40.8 Å². The molecule has 3 aromatic heterocycles. The number of carbonyl (C=O) groups excluding carboxylic acids is 1. The van der Waals surface area contributed by atoms with Crippen LogP contribution in [0.4, 0.5) is 13.2 Å². The first-order valence-electron chi connectivity index (χ1n) is 11.4. The standard InChI is InChI=1S/C24H21F3N6OS/c1-31-7-6-12-8-13(9-17(25)20(12)31)22(34)32-14-2-4-15(16(5-3-14)23(32)35)19-10-18(21(26)27)30-24-28-11-29-33(19)24/h6-11,14-16,21H,2-5H2,1H3/t14-,15-,16+/m0/s1. The first-order valence-corrected chi connectivity index (χ1v) is 11.8. The molecule has 7 nitrogen and oxygen atoms in total. The number of fused-ring (bicyclic) bond motifs is 6. The maximum Gasteiger partial charge on any atom is 0.280 e. The van der Waals surface area contributed by atoms with Gasteiger partial charge in [0, 0.05) is 42.1 Å². The van der Waals surface area contributed by atoms with Crippen molar-refractivity contribution in [1.82, 2.24) is 29.0 Å². The SMILES string of the molecule is Cn1ccc2cc(C(=O)N3C(=S)[C@@H]4CC[C@@H]3CC[C@@H]4c3cc(C(F)F)nc4ncnn34)cc(F)c21. The highest BCUT2D eigenvalue weighted by molar-refractivity contribution is 7.80. The molecule has 1 aliphatic carbocycles. The minimum Gasteiger partial charge on any atom is -0.348 e. The average Bonchev–Trinajstić information content (AvgIpc) is 3.36. The second kappa shape index (κ2) is 8.11. The first-order chi connectivity index (χ1) is 16.8. The van der Waals surface area contributed by atoms with Crippen LogP contribution in [-0.2, 0) is 7.05 Å². The van der Waals surface area contributed by atoms with Crippen molar-refractivity contribution in [1.29, 1.82) is 0 Å². The first kappa shape index (κ1) is 22.1. The third-order valence-corrected chi connectivity index (χ3v) is 7.82. The predicted octanol–water partition coefficient (Wildman–Crippen LogP) is 4.82. The minimum absolute atomic E-state index is 0.113. The monoisotopic (exact) mass is 498 g/mol. The largest absolute Gasteiger partial charge is 0.348 e. The molecule has 5 heterocycles. The quantitative estimate of drug-likeness (QED) is 0.379. The van der Waals surface area contributed by atoms with Crippen LogP contribution in [0.25, 0.3) is 16.7 Å². The van der Waals surface area contributed by atoms with Crippen LogP contribution in [-0.4, -0.2) is 46.0 Å². The van der Waals surface area contributed by atoms with Gasteiger partial charge < -0.3 is 4.57 Å². The zero-order valence-electron chi connectivity index (χ0n) is 18.7. The molecule has 0 unspecified atom stereocenters. The maximum absolute atomic E-state index is 14.8. The fourth-order valence-corrected chi connectivity index (χ4v) is 6.22. The summed E-state index contributed by atoms with van der Waals surface area (Å²) in [4.78, 5) is 23.7. The molecule has 2 bridgehead atoms. The van der Waals surface area contributed by atoms with Crippen molar-refractivity contribution in [3.63, 3.8) is 0 Å². The molecular weight excluding hydrogens is 477 g/mol. The molecule has 1 amide bonds. The Hall–Kier alpha value is -3.34. The third kappa shape index (κ3) is 3.43. The van der Waals surface area contributed by atoms with E-state index in [2.05, 4.69) is 15.1 Å². The number of piperidine rings is 1. The van der Waals surface area contributed by atoms with E-state index in [0.717, 1.165) is 12.8 Å². The molecule has 2 saturated heterocycles. The van der Waals surface area contributed by atoms with Crippen LogP contribution in [0, 0.1) is 11.7 Å². The van der Waals surface area contributed by atoms with Gasteiger partial charge >= 0.3 is 0 Å². The van der Waals surface area contributed by atoms with Crippen LogP contribution in [0.5, 0.6) is 0 Å². The number of aryl methyl sites for hydroxylation is 1. The highest BCUT2D eigenvalue weighted by Crippen LogP contribution is 2.44. The van der Waals surface area contributed by atoms with Crippen molar-refractivity contribution in [2.45, 2.75) is 44.1 Å². The number of aromatic nitrogens is 5. The molecule has 11 heteroatoms. The van der Waals surface area contributed by atoms with Crippen LogP contribution in [0.1, 0.15) is 59.8 Å². The summed E-state index contributed by atoms with van der Waals surface area (Å²) in [6.07, 6.45) is 3.04. The number of amides is 1. The van der Waals surface area contributed by atoms with Gasteiger partial charge in [0.25, 0.3) is 18.1 Å². The summed E-state index contributed by atoms with van der Waals surface area (Å²) in [6.45, 7) is 0. The zero-order chi connectivity index (χ0) is 24.4. The topological polar surface area (TPSA) is 68.3 Å². The Balaban J connectivity index is 1.38. The molecule has 1 aromatic carbocycles. The number of alkyl halides is 2. The molecule has 35 heavy (non-hydrogen) atoms. The number of carbonyl (C=O) groups is 1. The summed E-state index contributed by atoms with van der Waals surface area (Å²) in [5.41, 5.74) is 0.896. The molecular formula is C24H21F3N6OS. The fraction of sp³-hybridized carbons (Fsp3) is 0.375. The van der Waals surface area contributed by atoms with Crippen LogP contribution in [0.3, 0.4) is 0 Å². The van der Waals surface area contributed by atoms with Gasteiger partial charge in [-0.05, 0) is 49.9 Å². The van der Waals surface area contributed by atoms with E-state index >= 15 is 0 Å². The van der Waals surface area contributed by atoms with E-state index in [0.29, 0.717) is 34.4 Å². The summed E-state index contributed by atoms with van der Waals surface area (Å²) in [5, 5.41) is 4.85. The molecule has 1 saturated carbocycles. The molecule has 0 spiro atoms.